The summed E-state index contributed by atoms with van der Waals surface area (Å²) < 4.78 is 3.87. The van der Waals surface area contributed by atoms with Crippen LogP contribution in [0.4, 0.5) is 0 Å². The van der Waals surface area contributed by atoms with Crippen molar-refractivity contribution in [1.29, 1.82) is 0 Å². The van der Waals surface area contributed by atoms with Gasteiger partial charge < -0.3 is 5.32 Å². The van der Waals surface area contributed by atoms with Crippen molar-refractivity contribution in [2.24, 2.45) is 0 Å². The molecule has 0 aliphatic rings. The molecule has 0 aromatic carbocycles. The number of nitrogens with one attached hydrogen (secondary N) is 1. The molecule has 90 valence electrons. The molecule has 2 rings (SSSR count). The van der Waals surface area contributed by atoms with Gasteiger partial charge in [0.15, 0.2) is 0 Å². The maximum Gasteiger partial charge on any atom is 0.265 e. The van der Waals surface area contributed by atoms with Gasteiger partial charge in [-0.1, -0.05) is 10.6 Å². The fourth-order valence-electron chi connectivity index (χ4n) is 1.31. The zero-order chi connectivity index (χ0) is 12.5. The monoisotopic (exact) mass is 267 g/mol. The molecular formula is C11H13N3OS2. The van der Waals surface area contributed by atoms with Crippen molar-refractivity contribution in [3.63, 3.8) is 0 Å². The van der Waals surface area contributed by atoms with Gasteiger partial charge in [-0.15, -0.1) is 16.4 Å². The van der Waals surface area contributed by atoms with Gasteiger partial charge in [-0.05, 0) is 43.8 Å². The molecule has 0 saturated carbocycles. The number of hydrogen-bond acceptors (Lipinski definition) is 5. The van der Waals surface area contributed by atoms with E-state index in [1.54, 1.807) is 11.3 Å². The molecule has 0 radical (unpaired) electrons. The van der Waals surface area contributed by atoms with E-state index in [2.05, 4.69) is 14.9 Å². The molecule has 0 fully saturated rings. The van der Waals surface area contributed by atoms with Crippen molar-refractivity contribution >= 4 is 28.8 Å². The highest BCUT2D eigenvalue weighted by atomic mass is 32.1. The second-order valence-electron chi connectivity index (χ2n) is 4.63. The molecule has 0 atom stereocenters. The van der Waals surface area contributed by atoms with E-state index in [-0.39, 0.29) is 11.4 Å². The maximum absolute atomic E-state index is 12.1. The van der Waals surface area contributed by atoms with E-state index in [1.807, 2.05) is 38.3 Å². The lowest BCUT2D eigenvalue weighted by atomic mass is 10.1. The number of hydrogen-bond donors (Lipinski definition) is 1. The van der Waals surface area contributed by atoms with Gasteiger partial charge >= 0.3 is 0 Å². The van der Waals surface area contributed by atoms with Crippen LogP contribution in [-0.4, -0.2) is 21.0 Å². The Labute approximate surface area is 108 Å². The second-order valence-corrected chi connectivity index (χ2v) is 6.33. The van der Waals surface area contributed by atoms with E-state index < -0.39 is 0 Å². The third-order valence-electron chi connectivity index (χ3n) is 1.94. The average molecular weight is 267 g/mol. The first kappa shape index (κ1) is 12.2. The lowest BCUT2D eigenvalue weighted by Gasteiger charge is -2.19. The molecule has 0 bridgehead atoms. The molecule has 4 nitrogen and oxygen atoms in total. The van der Waals surface area contributed by atoms with Crippen LogP contribution >= 0.6 is 22.9 Å². The summed E-state index contributed by atoms with van der Waals surface area (Å²) in [5, 5.41) is 8.91. The van der Waals surface area contributed by atoms with Crippen molar-refractivity contribution in [3.8, 4) is 10.6 Å². The number of carbonyl (C=O) groups is 1. The summed E-state index contributed by atoms with van der Waals surface area (Å²) in [5.41, 5.74) is 0.417. The highest BCUT2D eigenvalue weighted by Gasteiger charge is 2.22. The first-order valence-corrected chi connectivity index (χ1v) is 6.81. The van der Waals surface area contributed by atoms with Crippen molar-refractivity contribution in [2.45, 2.75) is 26.3 Å². The average Bonchev–Trinajstić information content (AvgIpc) is 2.85. The summed E-state index contributed by atoms with van der Waals surface area (Å²) >= 11 is 2.68. The third-order valence-corrected chi connectivity index (χ3v) is 3.54. The Bertz CT molecular complexity index is 511. The van der Waals surface area contributed by atoms with Crippen LogP contribution in [0.25, 0.3) is 10.6 Å². The standard InChI is InChI=1S/C11H13N3OS2/c1-11(2,3)12-10(15)9-8(13-14-17-9)7-5-4-6-16-7/h4-6H,1-3H3,(H,12,15). The quantitative estimate of drug-likeness (QED) is 0.910. The van der Waals surface area contributed by atoms with E-state index in [0.717, 1.165) is 16.4 Å². The molecule has 2 aromatic heterocycles. The van der Waals surface area contributed by atoms with E-state index in [1.165, 1.54) is 0 Å². The summed E-state index contributed by atoms with van der Waals surface area (Å²) in [5.74, 6) is -0.115. The Morgan fingerprint density at radius 2 is 2.18 bits per heavy atom. The van der Waals surface area contributed by atoms with Crippen LogP contribution in [0, 0.1) is 0 Å². The molecule has 2 aromatic rings. The van der Waals surface area contributed by atoms with E-state index >= 15 is 0 Å². The van der Waals surface area contributed by atoms with E-state index in [4.69, 9.17) is 0 Å². The van der Waals surface area contributed by atoms with Crippen LogP contribution in [0.3, 0.4) is 0 Å². The Kier molecular flexibility index (Phi) is 3.26. The fourth-order valence-corrected chi connectivity index (χ4v) is 2.67. The van der Waals surface area contributed by atoms with Gasteiger partial charge in [-0.3, -0.25) is 4.79 Å². The van der Waals surface area contributed by atoms with E-state index in [9.17, 15) is 4.79 Å². The predicted molar refractivity (Wildman–Crippen MR) is 70.4 cm³/mol. The van der Waals surface area contributed by atoms with Gasteiger partial charge in [0, 0.05) is 5.54 Å². The topological polar surface area (TPSA) is 54.9 Å². The molecular weight excluding hydrogens is 254 g/mol. The summed E-state index contributed by atoms with van der Waals surface area (Å²) in [4.78, 5) is 13.6. The third kappa shape index (κ3) is 2.89. The summed E-state index contributed by atoms with van der Waals surface area (Å²) in [7, 11) is 0. The lowest BCUT2D eigenvalue weighted by Crippen LogP contribution is -2.40. The predicted octanol–water partition coefficient (Wildman–Crippen LogP) is 2.79. The van der Waals surface area contributed by atoms with Gasteiger partial charge in [0.05, 0.1) is 4.88 Å². The highest BCUT2D eigenvalue weighted by Crippen LogP contribution is 2.28. The Morgan fingerprint density at radius 3 is 2.76 bits per heavy atom. The van der Waals surface area contributed by atoms with Crippen molar-refractivity contribution in [1.82, 2.24) is 14.9 Å². The van der Waals surface area contributed by atoms with Crippen LogP contribution < -0.4 is 5.32 Å². The molecule has 0 aliphatic heterocycles. The first-order valence-electron chi connectivity index (χ1n) is 5.16. The molecule has 0 saturated heterocycles. The molecule has 0 unspecified atom stereocenters. The highest BCUT2D eigenvalue weighted by molar-refractivity contribution is 7.14. The molecule has 0 spiro atoms. The molecule has 17 heavy (non-hydrogen) atoms. The molecule has 0 aliphatic carbocycles. The number of nitrogens with zero attached hydrogens (tertiary/aromatic N) is 2. The number of thiophene rings is 1. The Morgan fingerprint density at radius 1 is 1.41 bits per heavy atom. The second kappa shape index (κ2) is 4.54. The zero-order valence-electron chi connectivity index (χ0n) is 9.85. The Balaban J connectivity index is 2.29. The fraction of sp³-hybridized carbons (Fsp3) is 0.364. The zero-order valence-corrected chi connectivity index (χ0v) is 11.5. The van der Waals surface area contributed by atoms with E-state index in [0.29, 0.717) is 10.6 Å². The summed E-state index contributed by atoms with van der Waals surface area (Å²) in [6.07, 6.45) is 0. The number of carbonyl (C=O) groups excluding carboxylic acids is 1. The summed E-state index contributed by atoms with van der Waals surface area (Å²) in [6.45, 7) is 5.85. The SMILES string of the molecule is CC(C)(C)NC(=O)c1snnc1-c1cccs1. The summed E-state index contributed by atoms with van der Waals surface area (Å²) in [6, 6.07) is 3.88. The van der Waals surface area contributed by atoms with Crippen molar-refractivity contribution < 1.29 is 4.79 Å². The van der Waals surface area contributed by atoms with Crippen LogP contribution in [0.5, 0.6) is 0 Å². The maximum atomic E-state index is 12.1. The minimum atomic E-state index is -0.256. The number of rotatable bonds is 2. The van der Waals surface area contributed by atoms with Crippen molar-refractivity contribution in [3.05, 3.63) is 22.4 Å². The van der Waals surface area contributed by atoms with Gasteiger partial charge in [-0.25, -0.2) is 0 Å². The largest absolute Gasteiger partial charge is 0.347 e. The van der Waals surface area contributed by atoms with Gasteiger partial charge in [0.2, 0.25) is 0 Å². The molecule has 2 heterocycles. The lowest BCUT2D eigenvalue weighted by molar-refractivity contribution is 0.0924. The molecule has 6 heteroatoms. The van der Waals surface area contributed by atoms with Crippen LogP contribution in [-0.2, 0) is 0 Å². The number of aromatic nitrogens is 2. The van der Waals surface area contributed by atoms with Gasteiger partial charge in [-0.2, -0.15) is 0 Å². The molecule has 1 N–H and O–H groups in total. The van der Waals surface area contributed by atoms with Crippen molar-refractivity contribution in [2.75, 3.05) is 0 Å². The van der Waals surface area contributed by atoms with Gasteiger partial charge in [0.25, 0.3) is 5.91 Å². The minimum absolute atomic E-state index is 0.115. The first-order chi connectivity index (χ1) is 7.97. The number of amides is 1. The Hall–Kier alpha value is -1.27. The molecule has 1 amide bonds. The van der Waals surface area contributed by atoms with Crippen LogP contribution in [0.15, 0.2) is 17.5 Å². The normalized spacial score (nSPS) is 11.5. The van der Waals surface area contributed by atoms with Crippen LogP contribution in [0.1, 0.15) is 30.4 Å². The van der Waals surface area contributed by atoms with Crippen LogP contribution in [0.2, 0.25) is 0 Å². The minimum Gasteiger partial charge on any atom is -0.347 e. The smallest absolute Gasteiger partial charge is 0.265 e. The van der Waals surface area contributed by atoms with Gasteiger partial charge in [0.1, 0.15) is 10.6 Å².